The van der Waals surface area contributed by atoms with Gasteiger partial charge in [-0.1, -0.05) is 35.9 Å². The van der Waals surface area contributed by atoms with Crippen molar-refractivity contribution >= 4 is 29.6 Å². The summed E-state index contributed by atoms with van der Waals surface area (Å²) in [6.07, 6.45) is 3.34. The fourth-order valence-corrected chi connectivity index (χ4v) is 3.07. The van der Waals surface area contributed by atoms with E-state index >= 15 is 0 Å². The number of carbonyl (C=O) groups is 3. The largest absolute Gasteiger partial charge is 0.335 e. The Morgan fingerprint density at radius 2 is 1.54 bits per heavy atom. The molecule has 2 heterocycles. The molecule has 0 saturated carbocycles. The standard InChI is InChI=1S/C22H17N3O3/c1-15-9-11-17(12-10-15)25-21(27)19(20(26)23-22(25)28)14-18-8-5-13-24(18)16-6-3-2-4-7-16/h2-14H,1H3,(H,23,26,28)/b19-14+. The van der Waals surface area contributed by atoms with E-state index in [1.54, 1.807) is 30.3 Å². The first-order valence-corrected chi connectivity index (χ1v) is 8.75. The highest BCUT2D eigenvalue weighted by atomic mass is 16.2. The van der Waals surface area contributed by atoms with Gasteiger partial charge in [0.2, 0.25) is 0 Å². The Hall–Kier alpha value is -3.93. The van der Waals surface area contributed by atoms with Gasteiger partial charge in [-0.2, -0.15) is 0 Å². The van der Waals surface area contributed by atoms with Crippen LogP contribution < -0.4 is 10.2 Å². The van der Waals surface area contributed by atoms with Crippen molar-refractivity contribution in [1.82, 2.24) is 9.88 Å². The zero-order valence-corrected chi connectivity index (χ0v) is 15.1. The lowest BCUT2D eigenvalue weighted by molar-refractivity contribution is -0.122. The van der Waals surface area contributed by atoms with Crippen molar-refractivity contribution in [2.24, 2.45) is 0 Å². The van der Waals surface area contributed by atoms with E-state index in [0.717, 1.165) is 16.2 Å². The number of benzene rings is 2. The van der Waals surface area contributed by atoms with Crippen molar-refractivity contribution < 1.29 is 14.4 Å². The third-order valence-corrected chi connectivity index (χ3v) is 4.50. The number of nitrogens with one attached hydrogen (secondary N) is 1. The number of para-hydroxylation sites is 1. The van der Waals surface area contributed by atoms with Gasteiger partial charge in [-0.3, -0.25) is 14.9 Å². The zero-order valence-electron chi connectivity index (χ0n) is 15.1. The number of urea groups is 1. The second-order valence-corrected chi connectivity index (χ2v) is 6.43. The van der Waals surface area contributed by atoms with Gasteiger partial charge in [0.1, 0.15) is 5.57 Å². The van der Waals surface area contributed by atoms with Crippen molar-refractivity contribution in [2.45, 2.75) is 6.92 Å². The summed E-state index contributed by atoms with van der Waals surface area (Å²) in [5.41, 5.74) is 2.86. The van der Waals surface area contributed by atoms with Crippen LogP contribution in [0.25, 0.3) is 11.8 Å². The second-order valence-electron chi connectivity index (χ2n) is 6.43. The molecule has 0 radical (unpaired) electrons. The molecule has 6 nitrogen and oxygen atoms in total. The summed E-state index contributed by atoms with van der Waals surface area (Å²) in [6.45, 7) is 1.91. The van der Waals surface area contributed by atoms with E-state index in [0.29, 0.717) is 11.4 Å². The average molecular weight is 371 g/mol. The zero-order chi connectivity index (χ0) is 19.7. The first-order chi connectivity index (χ1) is 13.5. The summed E-state index contributed by atoms with van der Waals surface area (Å²) in [4.78, 5) is 38.6. The minimum Gasteiger partial charge on any atom is -0.317 e. The summed E-state index contributed by atoms with van der Waals surface area (Å²) < 4.78 is 1.86. The van der Waals surface area contributed by atoms with E-state index in [9.17, 15) is 14.4 Å². The van der Waals surface area contributed by atoms with Crippen molar-refractivity contribution in [3.63, 3.8) is 0 Å². The third kappa shape index (κ3) is 3.12. The summed E-state index contributed by atoms with van der Waals surface area (Å²) in [5.74, 6) is -1.36. The van der Waals surface area contributed by atoms with Crippen LogP contribution in [0.3, 0.4) is 0 Å². The number of anilines is 1. The fraction of sp³-hybridized carbons (Fsp3) is 0.0455. The van der Waals surface area contributed by atoms with Crippen LogP contribution in [0.4, 0.5) is 10.5 Å². The molecule has 0 aliphatic carbocycles. The predicted molar refractivity (Wildman–Crippen MR) is 106 cm³/mol. The van der Waals surface area contributed by atoms with Crippen LogP contribution in [-0.4, -0.2) is 22.4 Å². The lowest BCUT2D eigenvalue weighted by Gasteiger charge is -2.26. The molecular formula is C22H17N3O3. The molecule has 1 aliphatic rings. The quantitative estimate of drug-likeness (QED) is 0.566. The maximum atomic E-state index is 13.0. The smallest absolute Gasteiger partial charge is 0.317 e. The van der Waals surface area contributed by atoms with Gasteiger partial charge in [0.15, 0.2) is 0 Å². The molecule has 0 atom stereocenters. The number of aromatic nitrogens is 1. The van der Waals surface area contributed by atoms with Gasteiger partial charge in [-0.15, -0.1) is 0 Å². The summed E-state index contributed by atoms with van der Waals surface area (Å²) in [6, 6.07) is 19.4. The molecule has 0 unspecified atom stereocenters. The molecule has 0 bridgehead atoms. The predicted octanol–water partition coefficient (Wildman–Crippen LogP) is 3.45. The summed E-state index contributed by atoms with van der Waals surface area (Å²) in [5, 5.41) is 2.24. The Morgan fingerprint density at radius 3 is 2.25 bits per heavy atom. The van der Waals surface area contributed by atoms with Gasteiger partial charge in [0.05, 0.1) is 5.69 Å². The Balaban J connectivity index is 1.74. The molecule has 1 aromatic heterocycles. The molecular weight excluding hydrogens is 354 g/mol. The first-order valence-electron chi connectivity index (χ1n) is 8.75. The van der Waals surface area contributed by atoms with Crippen LogP contribution >= 0.6 is 0 Å². The second kappa shape index (κ2) is 7.00. The van der Waals surface area contributed by atoms with E-state index in [1.807, 2.05) is 54.1 Å². The molecule has 28 heavy (non-hydrogen) atoms. The molecule has 138 valence electrons. The van der Waals surface area contributed by atoms with Gasteiger partial charge in [-0.05, 0) is 49.4 Å². The van der Waals surface area contributed by atoms with Gasteiger partial charge in [0.25, 0.3) is 11.8 Å². The van der Waals surface area contributed by atoms with E-state index in [2.05, 4.69) is 5.32 Å². The molecule has 4 rings (SSSR count). The number of rotatable bonds is 3. The first kappa shape index (κ1) is 17.5. The molecule has 0 spiro atoms. The van der Waals surface area contributed by atoms with Gasteiger partial charge in [-0.25, -0.2) is 9.69 Å². The number of hydrogen-bond acceptors (Lipinski definition) is 3. The molecule has 6 heteroatoms. The van der Waals surface area contributed by atoms with E-state index in [-0.39, 0.29) is 5.57 Å². The molecule has 2 aromatic carbocycles. The SMILES string of the molecule is Cc1ccc(N2C(=O)NC(=O)/C(=C\c3cccn3-c3ccccc3)C2=O)cc1. The van der Waals surface area contributed by atoms with Crippen LogP contribution in [0.15, 0.2) is 78.5 Å². The molecule has 1 saturated heterocycles. The van der Waals surface area contributed by atoms with Crippen LogP contribution in [0.2, 0.25) is 0 Å². The Bertz CT molecular complexity index is 1100. The number of nitrogens with zero attached hydrogens (tertiary/aromatic N) is 2. The van der Waals surface area contributed by atoms with Crippen molar-refractivity contribution in [1.29, 1.82) is 0 Å². The molecule has 1 aliphatic heterocycles. The third-order valence-electron chi connectivity index (χ3n) is 4.50. The fourth-order valence-electron chi connectivity index (χ4n) is 3.07. The molecule has 4 amide bonds. The van der Waals surface area contributed by atoms with Crippen molar-refractivity contribution in [2.75, 3.05) is 4.90 Å². The van der Waals surface area contributed by atoms with Gasteiger partial charge in [0, 0.05) is 17.6 Å². The normalized spacial score (nSPS) is 15.8. The number of hydrogen-bond donors (Lipinski definition) is 1. The minimum absolute atomic E-state index is 0.101. The molecule has 1 N–H and O–H groups in total. The maximum absolute atomic E-state index is 13.0. The van der Waals surface area contributed by atoms with Crippen molar-refractivity contribution in [3.05, 3.63) is 89.8 Å². The number of imide groups is 2. The number of carbonyl (C=O) groups excluding carboxylic acids is 3. The van der Waals surface area contributed by atoms with E-state index in [4.69, 9.17) is 0 Å². The Morgan fingerprint density at radius 1 is 0.821 bits per heavy atom. The lowest BCUT2D eigenvalue weighted by atomic mass is 10.1. The topological polar surface area (TPSA) is 71.4 Å². The number of aryl methyl sites for hydroxylation is 1. The van der Waals surface area contributed by atoms with Crippen LogP contribution in [-0.2, 0) is 9.59 Å². The Labute approximate surface area is 161 Å². The number of barbiturate groups is 1. The highest BCUT2D eigenvalue weighted by Gasteiger charge is 2.36. The highest BCUT2D eigenvalue weighted by Crippen LogP contribution is 2.23. The summed E-state index contributed by atoms with van der Waals surface area (Å²) in [7, 11) is 0. The van der Waals surface area contributed by atoms with Crippen LogP contribution in [0.5, 0.6) is 0 Å². The summed E-state index contributed by atoms with van der Waals surface area (Å²) >= 11 is 0. The molecule has 3 aromatic rings. The van der Waals surface area contributed by atoms with E-state index in [1.165, 1.54) is 6.08 Å². The Kier molecular flexibility index (Phi) is 4.37. The van der Waals surface area contributed by atoms with Crippen LogP contribution in [0, 0.1) is 6.92 Å². The highest BCUT2D eigenvalue weighted by molar-refractivity contribution is 6.39. The molecule has 1 fully saturated rings. The average Bonchev–Trinajstić information content (AvgIpc) is 3.15. The minimum atomic E-state index is -0.755. The van der Waals surface area contributed by atoms with Gasteiger partial charge >= 0.3 is 6.03 Å². The number of amides is 4. The van der Waals surface area contributed by atoms with Gasteiger partial charge < -0.3 is 4.57 Å². The maximum Gasteiger partial charge on any atom is 0.335 e. The van der Waals surface area contributed by atoms with E-state index < -0.39 is 17.8 Å². The van der Waals surface area contributed by atoms with Crippen molar-refractivity contribution in [3.8, 4) is 5.69 Å². The lowest BCUT2D eigenvalue weighted by Crippen LogP contribution is -2.54. The van der Waals surface area contributed by atoms with Crippen LogP contribution in [0.1, 0.15) is 11.3 Å². The monoisotopic (exact) mass is 371 g/mol.